The van der Waals surface area contributed by atoms with Crippen LogP contribution in [0.2, 0.25) is 0 Å². The van der Waals surface area contributed by atoms with Gasteiger partial charge in [-0.2, -0.15) is 0 Å². The van der Waals surface area contributed by atoms with Crippen LogP contribution in [-0.4, -0.2) is 5.11 Å². The van der Waals surface area contributed by atoms with Crippen LogP contribution >= 0.6 is 0 Å². The van der Waals surface area contributed by atoms with E-state index in [9.17, 15) is 0 Å². The molecule has 0 saturated heterocycles. The first-order valence-corrected chi connectivity index (χ1v) is 6.03. The minimum absolute atomic E-state index is 0.344. The average Bonchev–Trinajstić information content (AvgIpc) is 2.34. The van der Waals surface area contributed by atoms with Crippen LogP contribution in [-0.2, 0) is 0 Å². The minimum atomic E-state index is 0.344. The second kappa shape index (κ2) is 11.1. The number of phenols is 1. The zero-order valence-corrected chi connectivity index (χ0v) is 11.0. The van der Waals surface area contributed by atoms with E-state index in [4.69, 9.17) is 5.11 Å². The predicted octanol–water partition coefficient (Wildman–Crippen LogP) is 4.96. The van der Waals surface area contributed by atoms with E-state index in [1.165, 1.54) is 5.56 Å². The molecule has 0 amide bonds. The fourth-order valence-electron chi connectivity index (χ4n) is 1.04. The van der Waals surface area contributed by atoms with Crippen molar-refractivity contribution in [2.24, 2.45) is 0 Å². The van der Waals surface area contributed by atoms with E-state index in [1.807, 2.05) is 39.8 Å². The Kier molecular flexibility index (Phi) is 12.2. The van der Waals surface area contributed by atoms with E-state index >= 15 is 0 Å². The summed E-state index contributed by atoms with van der Waals surface area (Å²) >= 11 is 0. The molecule has 1 aromatic carbocycles. The van der Waals surface area contributed by atoms with Crippen molar-refractivity contribution in [2.75, 3.05) is 0 Å². The molecule has 0 spiro atoms. The van der Waals surface area contributed by atoms with Crippen LogP contribution in [0.3, 0.4) is 0 Å². The second-order valence-corrected chi connectivity index (χ2v) is 2.90. The van der Waals surface area contributed by atoms with E-state index in [0.29, 0.717) is 11.7 Å². The molecule has 0 aliphatic rings. The molecule has 0 aromatic heterocycles. The molecule has 0 fully saturated rings. The second-order valence-electron chi connectivity index (χ2n) is 2.90. The van der Waals surface area contributed by atoms with E-state index in [2.05, 4.69) is 13.8 Å². The number of hydrogen-bond donors (Lipinski definition) is 1. The van der Waals surface area contributed by atoms with E-state index < -0.39 is 0 Å². The van der Waals surface area contributed by atoms with E-state index in [-0.39, 0.29) is 0 Å². The summed E-state index contributed by atoms with van der Waals surface area (Å²) in [5, 5.41) is 9.01. The molecule has 0 bridgehead atoms. The molecule has 1 nitrogen and oxygen atoms in total. The summed E-state index contributed by atoms with van der Waals surface area (Å²) in [6.45, 7) is 12.4. The molecule has 0 aliphatic carbocycles. The molecule has 0 heterocycles. The third kappa shape index (κ3) is 7.01. The van der Waals surface area contributed by atoms with Crippen LogP contribution < -0.4 is 0 Å². The molecule has 1 aromatic rings. The first kappa shape index (κ1) is 16.4. The van der Waals surface area contributed by atoms with Crippen molar-refractivity contribution < 1.29 is 5.11 Å². The van der Waals surface area contributed by atoms with Crippen LogP contribution in [0.5, 0.6) is 5.75 Å². The maximum absolute atomic E-state index is 9.01. The summed E-state index contributed by atoms with van der Waals surface area (Å²) in [7, 11) is 0. The smallest absolute Gasteiger partial charge is 0.115 e. The molecule has 1 rings (SSSR count). The van der Waals surface area contributed by atoms with Gasteiger partial charge in [0.15, 0.2) is 0 Å². The van der Waals surface area contributed by atoms with Crippen LogP contribution in [0.4, 0.5) is 0 Å². The maximum atomic E-state index is 9.01. The van der Waals surface area contributed by atoms with Crippen molar-refractivity contribution >= 4 is 0 Å². The minimum Gasteiger partial charge on any atom is -0.508 e. The lowest BCUT2D eigenvalue weighted by Crippen LogP contribution is -1.89. The van der Waals surface area contributed by atoms with Gasteiger partial charge in [-0.3, -0.25) is 0 Å². The maximum Gasteiger partial charge on any atom is 0.115 e. The number of rotatable bonds is 2. The summed E-state index contributed by atoms with van der Waals surface area (Å²) in [6, 6.07) is 7.43. The van der Waals surface area contributed by atoms with Gasteiger partial charge in [-0.15, -0.1) is 0 Å². The standard InChI is InChI=1S/C10H14O.2C2H6/c1-3-8(2)9-4-6-10(11)7-5-9;2*1-2/h4-8,11H,3H2,1-2H3;2*1-2H3. The Hall–Kier alpha value is -0.980. The Balaban J connectivity index is 0. The third-order valence-corrected chi connectivity index (χ3v) is 2.07. The quantitative estimate of drug-likeness (QED) is 0.731. The molecule has 1 unspecified atom stereocenters. The van der Waals surface area contributed by atoms with Gasteiger partial charge in [-0.05, 0) is 30.0 Å². The SMILES string of the molecule is CC.CC.CCC(C)c1ccc(O)cc1. The molecule has 1 N–H and O–H groups in total. The number of aromatic hydroxyl groups is 1. The van der Waals surface area contributed by atoms with Crippen molar-refractivity contribution in [3.8, 4) is 5.75 Å². The lowest BCUT2D eigenvalue weighted by molar-refractivity contribution is 0.475. The zero-order valence-electron chi connectivity index (χ0n) is 11.0. The first-order valence-electron chi connectivity index (χ1n) is 6.03. The molecular formula is C14H26O. The van der Waals surface area contributed by atoms with Crippen LogP contribution in [0.1, 0.15) is 59.4 Å². The molecule has 0 saturated carbocycles. The van der Waals surface area contributed by atoms with Crippen LogP contribution in [0.15, 0.2) is 24.3 Å². The average molecular weight is 210 g/mol. The summed E-state index contributed by atoms with van der Waals surface area (Å²) in [6.07, 6.45) is 1.14. The Morgan fingerprint density at radius 2 is 1.40 bits per heavy atom. The highest BCUT2D eigenvalue weighted by Gasteiger charge is 2.00. The Bertz CT molecular complexity index is 213. The zero-order chi connectivity index (χ0) is 12.3. The normalized spacial score (nSPS) is 10.3. The van der Waals surface area contributed by atoms with Gasteiger partial charge in [-0.25, -0.2) is 0 Å². The molecule has 1 heteroatoms. The van der Waals surface area contributed by atoms with Crippen molar-refractivity contribution in [3.63, 3.8) is 0 Å². The van der Waals surface area contributed by atoms with Crippen molar-refractivity contribution in [1.82, 2.24) is 0 Å². The molecule has 88 valence electrons. The Morgan fingerprint density at radius 3 is 1.73 bits per heavy atom. The third-order valence-electron chi connectivity index (χ3n) is 2.07. The monoisotopic (exact) mass is 210 g/mol. The molecule has 0 radical (unpaired) electrons. The largest absolute Gasteiger partial charge is 0.508 e. The van der Waals surface area contributed by atoms with Gasteiger partial charge in [0, 0.05) is 0 Å². The Labute approximate surface area is 95.2 Å². The molecule has 15 heavy (non-hydrogen) atoms. The molecular weight excluding hydrogens is 184 g/mol. The summed E-state index contributed by atoms with van der Waals surface area (Å²) in [5.74, 6) is 0.938. The van der Waals surface area contributed by atoms with Crippen molar-refractivity contribution in [3.05, 3.63) is 29.8 Å². The first-order chi connectivity index (χ1) is 7.24. The topological polar surface area (TPSA) is 20.2 Å². The molecule has 0 aliphatic heterocycles. The molecule has 1 atom stereocenters. The number of benzene rings is 1. The predicted molar refractivity (Wildman–Crippen MR) is 69.5 cm³/mol. The van der Waals surface area contributed by atoms with E-state index in [1.54, 1.807) is 12.1 Å². The van der Waals surface area contributed by atoms with Gasteiger partial charge < -0.3 is 5.11 Å². The van der Waals surface area contributed by atoms with Gasteiger partial charge in [0.2, 0.25) is 0 Å². The fraction of sp³-hybridized carbons (Fsp3) is 0.571. The van der Waals surface area contributed by atoms with Crippen LogP contribution in [0, 0.1) is 0 Å². The fourth-order valence-corrected chi connectivity index (χ4v) is 1.04. The highest BCUT2D eigenvalue weighted by Crippen LogP contribution is 2.20. The van der Waals surface area contributed by atoms with E-state index in [0.717, 1.165) is 6.42 Å². The van der Waals surface area contributed by atoms with Crippen LogP contribution in [0.25, 0.3) is 0 Å². The number of phenolic OH excluding ortho intramolecular Hbond substituents is 1. The lowest BCUT2D eigenvalue weighted by atomic mass is 9.99. The number of hydrogen-bond acceptors (Lipinski definition) is 1. The highest BCUT2D eigenvalue weighted by molar-refractivity contribution is 5.27. The van der Waals surface area contributed by atoms with Gasteiger partial charge in [0.1, 0.15) is 5.75 Å². The summed E-state index contributed by atoms with van der Waals surface area (Å²) < 4.78 is 0. The van der Waals surface area contributed by atoms with Gasteiger partial charge in [0.05, 0.1) is 0 Å². The highest BCUT2D eigenvalue weighted by atomic mass is 16.3. The van der Waals surface area contributed by atoms with Gasteiger partial charge in [0.25, 0.3) is 0 Å². The summed E-state index contributed by atoms with van der Waals surface area (Å²) in [5.41, 5.74) is 1.30. The Morgan fingerprint density at radius 1 is 1.00 bits per heavy atom. The van der Waals surface area contributed by atoms with Crippen molar-refractivity contribution in [1.29, 1.82) is 0 Å². The van der Waals surface area contributed by atoms with Gasteiger partial charge >= 0.3 is 0 Å². The lowest BCUT2D eigenvalue weighted by Gasteiger charge is -2.07. The van der Waals surface area contributed by atoms with Gasteiger partial charge in [-0.1, -0.05) is 53.7 Å². The van der Waals surface area contributed by atoms with Crippen molar-refractivity contribution in [2.45, 2.75) is 53.9 Å². The summed E-state index contributed by atoms with van der Waals surface area (Å²) in [4.78, 5) is 0.